The van der Waals surface area contributed by atoms with E-state index >= 15 is 0 Å². The average molecular weight is 320 g/mol. The molecule has 0 spiro atoms. The van der Waals surface area contributed by atoms with Crippen LogP contribution in [-0.2, 0) is 18.6 Å². The van der Waals surface area contributed by atoms with E-state index in [0.29, 0.717) is 31.1 Å². The van der Waals surface area contributed by atoms with Crippen molar-refractivity contribution < 1.29 is 9.63 Å². The summed E-state index contributed by atoms with van der Waals surface area (Å²) in [5.41, 5.74) is -0.328. The van der Waals surface area contributed by atoms with Gasteiger partial charge in [-0.25, -0.2) is 4.68 Å². The average Bonchev–Trinajstić information content (AvgIpc) is 3.20. The molecule has 23 heavy (non-hydrogen) atoms. The number of hydrogen-bond acceptors (Lipinski definition) is 7. The predicted molar refractivity (Wildman–Crippen MR) is 82.5 cm³/mol. The fourth-order valence-corrected chi connectivity index (χ4v) is 2.83. The molecule has 2 aromatic rings. The van der Waals surface area contributed by atoms with Gasteiger partial charge in [-0.2, -0.15) is 4.98 Å². The summed E-state index contributed by atoms with van der Waals surface area (Å²) in [4.78, 5) is 6.49. The summed E-state index contributed by atoms with van der Waals surface area (Å²) in [6.45, 7) is 7.96. The minimum Gasteiger partial charge on any atom is -0.382 e. The minimum atomic E-state index is -0.959. The number of β-amino-alcohol motifs (C(OH)–C–C–N with tert-alkyl or cyclic N) is 1. The molecule has 1 N–H and O–H groups in total. The van der Waals surface area contributed by atoms with Crippen LogP contribution in [-0.4, -0.2) is 48.2 Å². The molecule has 3 heterocycles. The summed E-state index contributed by atoms with van der Waals surface area (Å²) in [6.07, 6.45) is 4.28. The van der Waals surface area contributed by atoms with Crippen molar-refractivity contribution in [3.63, 3.8) is 0 Å². The topological polar surface area (TPSA) is 93.1 Å². The number of nitrogens with zero attached hydrogens (tertiary/aromatic N) is 6. The van der Waals surface area contributed by atoms with Gasteiger partial charge in [0.25, 0.3) is 0 Å². The molecular weight excluding hydrogens is 296 g/mol. The molecule has 0 saturated carbocycles. The van der Waals surface area contributed by atoms with Crippen LogP contribution in [0, 0.1) is 0 Å². The Morgan fingerprint density at radius 1 is 1.43 bits per heavy atom. The Morgan fingerprint density at radius 2 is 2.26 bits per heavy atom. The molecule has 3 rings (SSSR count). The lowest BCUT2D eigenvalue weighted by Gasteiger charge is -2.20. The molecule has 8 nitrogen and oxygen atoms in total. The molecule has 1 atom stereocenters. The van der Waals surface area contributed by atoms with Crippen molar-refractivity contribution in [1.29, 1.82) is 0 Å². The van der Waals surface area contributed by atoms with E-state index in [4.69, 9.17) is 4.52 Å². The van der Waals surface area contributed by atoms with Crippen LogP contribution in [0.25, 0.3) is 0 Å². The highest BCUT2D eigenvalue weighted by molar-refractivity contribution is 5.11. The normalized spacial score (nSPS) is 22.3. The Morgan fingerprint density at radius 3 is 2.96 bits per heavy atom. The van der Waals surface area contributed by atoms with Crippen molar-refractivity contribution in [2.75, 3.05) is 13.1 Å². The zero-order chi connectivity index (χ0) is 16.4. The molecule has 1 saturated heterocycles. The number of hydrogen-bond donors (Lipinski definition) is 1. The van der Waals surface area contributed by atoms with Gasteiger partial charge in [-0.3, -0.25) is 4.90 Å². The first-order valence-corrected chi connectivity index (χ1v) is 8.18. The van der Waals surface area contributed by atoms with E-state index in [-0.39, 0.29) is 6.04 Å². The monoisotopic (exact) mass is 320 g/mol. The third-order valence-electron chi connectivity index (χ3n) is 4.19. The summed E-state index contributed by atoms with van der Waals surface area (Å²) >= 11 is 0. The first-order valence-electron chi connectivity index (χ1n) is 8.18. The van der Waals surface area contributed by atoms with Gasteiger partial charge in [-0.05, 0) is 26.7 Å². The number of rotatable bonds is 6. The van der Waals surface area contributed by atoms with Crippen LogP contribution < -0.4 is 0 Å². The molecule has 8 heteroatoms. The van der Waals surface area contributed by atoms with Crippen molar-refractivity contribution in [1.82, 2.24) is 30.0 Å². The van der Waals surface area contributed by atoms with Crippen molar-refractivity contribution in [2.45, 2.75) is 58.2 Å². The second kappa shape index (κ2) is 6.37. The SMILES string of the molecule is CCCc1noc(CN2CCC(O)(c3cn(C(C)C)nn3)C2)n1. The van der Waals surface area contributed by atoms with Crippen molar-refractivity contribution in [3.8, 4) is 0 Å². The molecule has 1 aliphatic heterocycles. The van der Waals surface area contributed by atoms with E-state index in [9.17, 15) is 5.11 Å². The Hall–Kier alpha value is -1.80. The van der Waals surface area contributed by atoms with Gasteiger partial charge < -0.3 is 9.63 Å². The smallest absolute Gasteiger partial charge is 0.240 e. The van der Waals surface area contributed by atoms with Crippen LogP contribution in [0.15, 0.2) is 10.7 Å². The van der Waals surface area contributed by atoms with Gasteiger partial charge in [0.2, 0.25) is 5.89 Å². The summed E-state index contributed by atoms with van der Waals surface area (Å²) < 4.78 is 7.04. The van der Waals surface area contributed by atoms with Gasteiger partial charge in [0.1, 0.15) is 11.3 Å². The summed E-state index contributed by atoms with van der Waals surface area (Å²) in [7, 11) is 0. The Balaban J connectivity index is 1.64. The van der Waals surface area contributed by atoms with Gasteiger partial charge >= 0.3 is 0 Å². The van der Waals surface area contributed by atoms with E-state index < -0.39 is 5.60 Å². The van der Waals surface area contributed by atoms with Crippen LogP contribution in [0.2, 0.25) is 0 Å². The van der Waals surface area contributed by atoms with Gasteiger partial charge in [0.15, 0.2) is 5.82 Å². The largest absolute Gasteiger partial charge is 0.382 e. The van der Waals surface area contributed by atoms with Gasteiger partial charge in [0.05, 0.1) is 12.7 Å². The number of likely N-dealkylation sites (tertiary alicyclic amines) is 1. The van der Waals surface area contributed by atoms with E-state index in [1.54, 1.807) is 4.68 Å². The van der Waals surface area contributed by atoms with E-state index in [2.05, 4.69) is 32.3 Å². The highest BCUT2D eigenvalue weighted by Gasteiger charge is 2.40. The lowest BCUT2D eigenvalue weighted by Crippen LogP contribution is -2.31. The molecule has 126 valence electrons. The standard InChI is InChI=1S/C15H24N6O2/c1-4-5-13-16-14(23-18-13)9-20-7-6-15(22,10-20)12-8-21(11(2)3)19-17-12/h8,11,22H,4-7,9-10H2,1-3H3. The molecule has 1 aliphatic rings. The van der Waals surface area contributed by atoms with Crippen LogP contribution in [0.4, 0.5) is 0 Å². The van der Waals surface area contributed by atoms with Gasteiger partial charge in [0, 0.05) is 25.6 Å². The third-order valence-corrected chi connectivity index (χ3v) is 4.19. The second-order valence-corrected chi connectivity index (χ2v) is 6.52. The van der Waals surface area contributed by atoms with Crippen molar-refractivity contribution in [3.05, 3.63) is 23.6 Å². The Labute approximate surface area is 135 Å². The van der Waals surface area contributed by atoms with Crippen LogP contribution >= 0.6 is 0 Å². The Bertz CT molecular complexity index is 652. The lowest BCUT2D eigenvalue weighted by atomic mass is 10.00. The van der Waals surface area contributed by atoms with Crippen molar-refractivity contribution in [2.24, 2.45) is 0 Å². The minimum absolute atomic E-state index is 0.229. The van der Waals surface area contributed by atoms with E-state index in [1.807, 2.05) is 20.0 Å². The summed E-state index contributed by atoms with van der Waals surface area (Å²) in [5.74, 6) is 1.35. The maximum atomic E-state index is 10.9. The zero-order valence-electron chi connectivity index (χ0n) is 13.9. The lowest BCUT2D eigenvalue weighted by molar-refractivity contribution is 0.0397. The summed E-state index contributed by atoms with van der Waals surface area (Å²) in [5, 5.41) is 23.1. The highest BCUT2D eigenvalue weighted by atomic mass is 16.5. The number of aliphatic hydroxyl groups is 1. The maximum absolute atomic E-state index is 10.9. The molecule has 0 aromatic carbocycles. The highest BCUT2D eigenvalue weighted by Crippen LogP contribution is 2.31. The third kappa shape index (κ3) is 3.42. The first kappa shape index (κ1) is 16.1. The fraction of sp³-hybridized carbons (Fsp3) is 0.733. The maximum Gasteiger partial charge on any atom is 0.240 e. The molecule has 1 fully saturated rings. The molecule has 2 aromatic heterocycles. The quantitative estimate of drug-likeness (QED) is 0.857. The first-order chi connectivity index (χ1) is 11.0. The van der Waals surface area contributed by atoms with Gasteiger partial charge in [-0.1, -0.05) is 17.3 Å². The molecule has 1 unspecified atom stereocenters. The molecule has 0 radical (unpaired) electrons. The van der Waals surface area contributed by atoms with Crippen LogP contribution in [0.3, 0.4) is 0 Å². The number of aryl methyl sites for hydroxylation is 1. The molecule has 0 aliphatic carbocycles. The van der Waals surface area contributed by atoms with Crippen LogP contribution in [0.1, 0.15) is 57.1 Å². The predicted octanol–water partition coefficient (Wildman–Crippen LogP) is 1.29. The van der Waals surface area contributed by atoms with E-state index in [1.165, 1.54) is 0 Å². The fourth-order valence-electron chi connectivity index (χ4n) is 2.83. The Kier molecular flexibility index (Phi) is 4.45. The van der Waals surface area contributed by atoms with E-state index in [0.717, 1.165) is 25.2 Å². The van der Waals surface area contributed by atoms with Crippen molar-refractivity contribution >= 4 is 0 Å². The number of aromatic nitrogens is 5. The molecular formula is C15H24N6O2. The van der Waals surface area contributed by atoms with Crippen LogP contribution in [0.5, 0.6) is 0 Å². The molecule has 0 amide bonds. The van der Waals surface area contributed by atoms with Gasteiger partial charge in [-0.15, -0.1) is 5.10 Å². The molecule has 0 bridgehead atoms. The summed E-state index contributed by atoms with van der Waals surface area (Å²) in [6, 6.07) is 0.229. The zero-order valence-corrected chi connectivity index (χ0v) is 13.9. The second-order valence-electron chi connectivity index (χ2n) is 6.52.